The van der Waals surface area contributed by atoms with Crippen LogP contribution in [0.3, 0.4) is 0 Å². The Morgan fingerprint density at radius 2 is 1.41 bits per heavy atom. The van der Waals surface area contributed by atoms with Crippen LogP contribution < -0.4 is 0 Å². The van der Waals surface area contributed by atoms with Crippen LogP contribution >= 0.6 is 11.6 Å². The maximum Gasteiger partial charge on any atom is 0.142 e. The zero-order valence-electron chi connectivity index (χ0n) is 19.1. The van der Waals surface area contributed by atoms with Crippen LogP contribution in [0.1, 0.15) is 74.5 Å². The fraction of sp³-hybridized carbons (Fsp3) is 0.400. The molecule has 0 aliphatic heterocycles. The Bertz CT molecular complexity index is 982. The minimum absolute atomic E-state index is 0.170. The summed E-state index contributed by atoms with van der Waals surface area (Å²) in [6.07, 6.45) is 11.5. The van der Waals surface area contributed by atoms with Crippen molar-refractivity contribution in [1.82, 2.24) is 0 Å². The van der Waals surface area contributed by atoms with Gasteiger partial charge in [-0.25, -0.2) is 4.39 Å². The topological polar surface area (TPSA) is 0 Å². The Labute approximate surface area is 197 Å². The number of rotatable bonds is 8. The van der Waals surface area contributed by atoms with E-state index < -0.39 is 0 Å². The Kier molecular flexibility index (Phi) is 8.03. The molecule has 0 aromatic heterocycles. The highest BCUT2D eigenvalue weighted by Gasteiger charge is 2.22. The predicted octanol–water partition coefficient (Wildman–Crippen LogP) is 9.40. The maximum absolute atomic E-state index is 13.7. The van der Waals surface area contributed by atoms with Crippen LogP contribution in [0.2, 0.25) is 5.02 Å². The minimum atomic E-state index is -0.365. The molecular formula is C30H34ClF. The molecule has 0 heterocycles. The number of hydrogen-bond acceptors (Lipinski definition) is 0. The molecule has 168 valence electrons. The van der Waals surface area contributed by atoms with Crippen molar-refractivity contribution < 1.29 is 4.39 Å². The van der Waals surface area contributed by atoms with Crippen LogP contribution in [0, 0.1) is 11.7 Å². The van der Waals surface area contributed by atoms with Crippen LogP contribution in [0.5, 0.6) is 0 Å². The van der Waals surface area contributed by atoms with E-state index in [9.17, 15) is 4.39 Å². The number of aryl methyl sites for hydroxylation is 2. The summed E-state index contributed by atoms with van der Waals surface area (Å²) < 4.78 is 13.7. The third-order valence-corrected chi connectivity index (χ3v) is 7.47. The highest BCUT2D eigenvalue weighted by molar-refractivity contribution is 6.30. The average molecular weight is 449 g/mol. The van der Waals surface area contributed by atoms with Crippen molar-refractivity contribution >= 4 is 11.6 Å². The zero-order chi connectivity index (χ0) is 22.3. The third kappa shape index (κ3) is 6.01. The molecule has 3 aromatic rings. The van der Waals surface area contributed by atoms with E-state index in [-0.39, 0.29) is 10.8 Å². The lowest BCUT2D eigenvalue weighted by atomic mass is 9.76. The van der Waals surface area contributed by atoms with Crippen LogP contribution in [0.15, 0.2) is 66.7 Å². The summed E-state index contributed by atoms with van der Waals surface area (Å²) in [5.41, 5.74) is 6.29. The molecule has 0 radical (unpaired) electrons. The Morgan fingerprint density at radius 3 is 2.06 bits per heavy atom. The van der Waals surface area contributed by atoms with Crippen molar-refractivity contribution in [2.24, 2.45) is 5.92 Å². The van der Waals surface area contributed by atoms with Crippen molar-refractivity contribution in [2.75, 3.05) is 0 Å². The van der Waals surface area contributed by atoms with Gasteiger partial charge >= 0.3 is 0 Å². The minimum Gasteiger partial charge on any atom is -0.205 e. The molecule has 0 amide bonds. The van der Waals surface area contributed by atoms with Crippen LogP contribution in [-0.2, 0) is 12.8 Å². The second-order valence-corrected chi connectivity index (χ2v) is 9.83. The van der Waals surface area contributed by atoms with E-state index in [1.54, 1.807) is 6.07 Å². The molecule has 0 nitrogen and oxygen atoms in total. The molecule has 3 aromatic carbocycles. The van der Waals surface area contributed by atoms with Crippen LogP contribution in [0.4, 0.5) is 4.39 Å². The molecule has 4 rings (SSSR count). The molecule has 32 heavy (non-hydrogen) atoms. The van der Waals surface area contributed by atoms with Gasteiger partial charge in [0.25, 0.3) is 0 Å². The molecular weight excluding hydrogens is 415 g/mol. The molecule has 1 saturated carbocycles. The van der Waals surface area contributed by atoms with Crippen molar-refractivity contribution in [1.29, 1.82) is 0 Å². The van der Waals surface area contributed by atoms with Gasteiger partial charge in [0.05, 0.1) is 5.02 Å². The molecule has 1 aliphatic carbocycles. The number of unbranched alkanes of at least 4 members (excludes halogenated alkanes) is 1. The predicted molar refractivity (Wildman–Crippen MR) is 135 cm³/mol. The number of benzene rings is 3. The molecule has 0 saturated heterocycles. The van der Waals surface area contributed by atoms with E-state index in [0.717, 1.165) is 29.4 Å². The summed E-state index contributed by atoms with van der Waals surface area (Å²) >= 11 is 5.80. The molecule has 0 bridgehead atoms. The van der Waals surface area contributed by atoms with Gasteiger partial charge in [-0.15, -0.1) is 0 Å². The van der Waals surface area contributed by atoms with Crippen LogP contribution in [0.25, 0.3) is 11.1 Å². The lowest BCUT2D eigenvalue weighted by Gasteiger charge is -2.29. The van der Waals surface area contributed by atoms with Crippen LogP contribution in [-0.4, -0.2) is 0 Å². The summed E-state index contributed by atoms with van der Waals surface area (Å²) in [6.45, 7) is 2.26. The lowest BCUT2D eigenvalue weighted by Crippen LogP contribution is -2.14. The quantitative estimate of drug-likeness (QED) is 0.322. The van der Waals surface area contributed by atoms with E-state index in [4.69, 9.17) is 11.6 Å². The standard InChI is InChI=1S/C30H34ClF/c1-2-3-4-22-7-13-25(14-8-22)26-15-9-23(10-16-26)5-6-24-11-17-27(18-12-24)28-19-20-29(31)30(32)21-28/h7-8,11-14,17-21,23,26H,2-6,9-10,15-16H2,1H3. The maximum atomic E-state index is 13.7. The molecule has 1 fully saturated rings. The van der Waals surface area contributed by atoms with Gasteiger partial charge < -0.3 is 0 Å². The molecule has 1 aliphatic rings. The summed E-state index contributed by atoms with van der Waals surface area (Å²) in [5, 5.41) is 0.170. The van der Waals surface area contributed by atoms with E-state index >= 15 is 0 Å². The third-order valence-electron chi connectivity index (χ3n) is 7.17. The second kappa shape index (κ2) is 11.1. The van der Waals surface area contributed by atoms with Crippen molar-refractivity contribution in [2.45, 2.75) is 70.6 Å². The molecule has 0 spiro atoms. The summed E-state index contributed by atoms with van der Waals surface area (Å²) in [5.74, 6) is 1.21. The highest BCUT2D eigenvalue weighted by atomic mass is 35.5. The Hall–Kier alpha value is -2.12. The van der Waals surface area contributed by atoms with E-state index in [2.05, 4.69) is 55.5 Å². The molecule has 2 heteroatoms. The average Bonchev–Trinajstić information content (AvgIpc) is 2.84. The normalized spacial score (nSPS) is 18.6. The van der Waals surface area contributed by atoms with Gasteiger partial charge in [-0.1, -0.05) is 79.5 Å². The molecule has 0 N–H and O–H groups in total. The largest absolute Gasteiger partial charge is 0.205 e. The second-order valence-electron chi connectivity index (χ2n) is 9.43. The first-order chi connectivity index (χ1) is 15.6. The Balaban J connectivity index is 1.24. The van der Waals surface area contributed by atoms with Crippen molar-refractivity contribution in [3.63, 3.8) is 0 Å². The number of halogens is 2. The lowest BCUT2D eigenvalue weighted by molar-refractivity contribution is 0.310. The number of hydrogen-bond donors (Lipinski definition) is 0. The monoisotopic (exact) mass is 448 g/mol. The van der Waals surface area contributed by atoms with Gasteiger partial charge in [-0.3, -0.25) is 0 Å². The first kappa shape index (κ1) is 23.1. The Morgan fingerprint density at radius 1 is 0.781 bits per heavy atom. The SMILES string of the molecule is CCCCc1ccc(C2CCC(CCc3ccc(-c4ccc(Cl)c(F)c4)cc3)CC2)cc1. The first-order valence-electron chi connectivity index (χ1n) is 12.3. The van der Waals surface area contributed by atoms with E-state index in [1.165, 1.54) is 74.1 Å². The smallest absolute Gasteiger partial charge is 0.142 e. The van der Waals surface area contributed by atoms with Gasteiger partial charge in [-0.05, 0) is 103 Å². The van der Waals surface area contributed by atoms with Gasteiger partial charge in [0.15, 0.2) is 0 Å². The molecule has 0 atom stereocenters. The highest BCUT2D eigenvalue weighted by Crippen LogP contribution is 2.37. The van der Waals surface area contributed by atoms with Gasteiger partial charge in [-0.2, -0.15) is 0 Å². The fourth-order valence-electron chi connectivity index (χ4n) is 5.03. The van der Waals surface area contributed by atoms with E-state index in [0.29, 0.717) is 0 Å². The first-order valence-corrected chi connectivity index (χ1v) is 12.6. The van der Waals surface area contributed by atoms with E-state index in [1.807, 2.05) is 6.07 Å². The zero-order valence-corrected chi connectivity index (χ0v) is 19.9. The summed E-state index contributed by atoms with van der Waals surface area (Å²) in [6, 6.07) is 23.0. The van der Waals surface area contributed by atoms with Gasteiger partial charge in [0.1, 0.15) is 5.82 Å². The summed E-state index contributed by atoms with van der Waals surface area (Å²) in [7, 11) is 0. The summed E-state index contributed by atoms with van der Waals surface area (Å²) in [4.78, 5) is 0. The van der Waals surface area contributed by atoms with Crippen molar-refractivity contribution in [3.8, 4) is 11.1 Å². The van der Waals surface area contributed by atoms with Gasteiger partial charge in [0.2, 0.25) is 0 Å². The van der Waals surface area contributed by atoms with Gasteiger partial charge in [0, 0.05) is 0 Å². The fourth-order valence-corrected chi connectivity index (χ4v) is 5.15. The van der Waals surface area contributed by atoms with Crippen molar-refractivity contribution in [3.05, 3.63) is 94.3 Å². The molecule has 0 unspecified atom stereocenters.